The molecule has 0 saturated carbocycles. The summed E-state index contributed by atoms with van der Waals surface area (Å²) >= 11 is 0. The van der Waals surface area contributed by atoms with Crippen LogP contribution in [0.15, 0.2) is 48.6 Å². The van der Waals surface area contributed by atoms with Crippen molar-refractivity contribution in [2.75, 3.05) is 19.8 Å². The van der Waals surface area contributed by atoms with Crippen molar-refractivity contribution in [1.29, 1.82) is 0 Å². The van der Waals surface area contributed by atoms with Crippen LogP contribution in [0, 0.1) is 0 Å². The molecule has 5 nitrogen and oxygen atoms in total. The zero-order valence-corrected chi connectivity index (χ0v) is 40.2. The molecular weight excluding hydrogens is 741 g/mol. The first-order valence-electron chi connectivity index (χ1n) is 26.2. The molecule has 1 atom stereocenters. The van der Waals surface area contributed by atoms with E-state index in [1.165, 1.54) is 173 Å². The van der Waals surface area contributed by atoms with Gasteiger partial charge in [0.2, 0.25) is 0 Å². The zero-order valence-electron chi connectivity index (χ0n) is 40.2. The van der Waals surface area contributed by atoms with Crippen LogP contribution < -0.4 is 0 Å². The van der Waals surface area contributed by atoms with Crippen molar-refractivity contribution in [1.82, 2.24) is 0 Å². The largest absolute Gasteiger partial charge is 0.462 e. The summed E-state index contributed by atoms with van der Waals surface area (Å²) in [5, 5.41) is 0. The lowest BCUT2D eigenvalue weighted by Gasteiger charge is -2.18. The van der Waals surface area contributed by atoms with Gasteiger partial charge in [-0.1, -0.05) is 204 Å². The number of carbonyl (C=O) groups excluding carboxylic acids is 2. The summed E-state index contributed by atoms with van der Waals surface area (Å²) in [4.78, 5) is 25.4. The Morgan fingerprint density at radius 2 is 0.733 bits per heavy atom. The molecule has 0 aliphatic rings. The summed E-state index contributed by atoms with van der Waals surface area (Å²) in [5.74, 6) is -0.410. The fourth-order valence-electron chi connectivity index (χ4n) is 7.36. The van der Waals surface area contributed by atoms with Gasteiger partial charge in [-0.2, -0.15) is 0 Å². The number of ether oxygens (including phenoxy) is 3. The highest BCUT2D eigenvalue weighted by Crippen LogP contribution is 2.14. The van der Waals surface area contributed by atoms with Crippen LogP contribution in [0.1, 0.15) is 265 Å². The lowest BCUT2D eigenvalue weighted by molar-refractivity contribution is -0.163. The normalized spacial score (nSPS) is 12.5. The molecular formula is C55H100O5. The first-order valence-corrected chi connectivity index (χ1v) is 26.2. The van der Waals surface area contributed by atoms with Crippen molar-refractivity contribution in [3.63, 3.8) is 0 Å². The lowest BCUT2D eigenvalue weighted by Crippen LogP contribution is -2.30. The molecule has 0 spiro atoms. The van der Waals surface area contributed by atoms with Gasteiger partial charge in [-0.3, -0.25) is 9.59 Å². The molecule has 0 saturated heterocycles. The van der Waals surface area contributed by atoms with Gasteiger partial charge >= 0.3 is 11.9 Å². The average Bonchev–Trinajstić information content (AvgIpc) is 3.25. The Kier molecular flexibility index (Phi) is 49.4. The number of esters is 2. The standard InChI is InChI=1S/C55H100O5/c1-4-7-10-13-16-19-22-25-27-28-29-31-33-36-39-42-45-48-54(56)59-52-53(51-58-50-47-44-41-38-35-32-26-23-20-17-14-11-8-5-2)60-55(57)49-46-43-40-37-34-30-24-21-18-15-12-9-6-3/h11,14,20-21,23-25,27,53H,4-10,12-13,15-19,22,26,28-52H2,1-3H3/b14-11-,23-20-,24-21-,27-25-. The molecule has 0 aliphatic heterocycles. The Morgan fingerprint density at radius 3 is 1.20 bits per heavy atom. The molecule has 0 aromatic heterocycles. The monoisotopic (exact) mass is 841 g/mol. The Hall–Kier alpha value is -2.14. The predicted octanol–water partition coefficient (Wildman–Crippen LogP) is 17.6. The third kappa shape index (κ3) is 48.5. The van der Waals surface area contributed by atoms with E-state index < -0.39 is 6.10 Å². The van der Waals surface area contributed by atoms with Gasteiger partial charge in [0.25, 0.3) is 0 Å². The molecule has 5 heteroatoms. The average molecular weight is 841 g/mol. The van der Waals surface area contributed by atoms with Crippen molar-refractivity contribution < 1.29 is 23.8 Å². The van der Waals surface area contributed by atoms with Gasteiger partial charge in [0, 0.05) is 19.4 Å². The lowest BCUT2D eigenvalue weighted by atomic mass is 10.1. The zero-order chi connectivity index (χ0) is 43.5. The van der Waals surface area contributed by atoms with Crippen molar-refractivity contribution in [2.45, 2.75) is 271 Å². The maximum absolute atomic E-state index is 12.8. The van der Waals surface area contributed by atoms with Crippen LogP contribution in [-0.4, -0.2) is 37.9 Å². The minimum Gasteiger partial charge on any atom is -0.462 e. The van der Waals surface area contributed by atoms with Gasteiger partial charge in [-0.25, -0.2) is 0 Å². The quantitative estimate of drug-likeness (QED) is 0.0347. The van der Waals surface area contributed by atoms with Crippen LogP contribution in [0.25, 0.3) is 0 Å². The van der Waals surface area contributed by atoms with Crippen molar-refractivity contribution in [3.05, 3.63) is 48.6 Å². The van der Waals surface area contributed by atoms with Crippen LogP contribution >= 0.6 is 0 Å². The smallest absolute Gasteiger partial charge is 0.306 e. The first kappa shape index (κ1) is 57.9. The summed E-state index contributed by atoms with van der Waals surface area (Å²) in [5.41, 5.74) is 0. The van der Waals surface area contributed by atoms with E-state index in [1.807, 2.05) is 0 Å². The summed E-state index contributed by atoms with van der Waals surface area (Å²) < 4.78 is 17.4. The number of carbonyl (C=O) groups is 2. The van der Waals surface area contributed by atoms with E-state index in [2.05, 4.69) is 69.4 Å². The minimum absolute atomic E-state index is 0.0770. The molecule has 0 bridgehead atoms. The number of unbranched alkanes of at least 4 members (excludes halogenated alkanes) is 29. The van der Waals surface area contributed by atoms with Gasteiger partial charge in [0.15, 0.2) is 6.10 Å². The number of hydrogen-bond donors (Lipinski definition) is 0. The predicted molar refractivity (Wildman–Crippen MR) is 261 cm³/mol. The summed E-state index contributed by atoms with van der Waals surface area (Å²) in [7, 11) is 0. The second kappa shape index (κ2) is 51.2. The third-order valence-electron chi connectivity index (χ3n) is 11.3. The van der Waals surface area contributed by atoms with E-state index >= 15 is 0 Å². The molecule has 0 amide bonds. The summed E-state index contributed by atoms with van der Waals surface area (Å²) in [6.45, 7) is 7.74. The molecule has 350 valence electrons. The number of allylic oxidation sites excluding steroid dienone is 8. The van der Waals surface area contributed by atoms with E-state index in [9.17, 15) is 9.59 Å². The first-order chi connectivity index (χ1) is 29.6. The van der Waals surface area contributed by atoms with Crippen LogP contribution in [-0.2, 0) is 23.8 Å². The van der Waals surface area contributed by atoms with E-state index in [4.69, 9.17) is 14.2 Å². The third-order valence-corrected chi connectivity index (χ3v) is 11.3. The summed E-state index contributed by atoms with van der Waals surface area (Å²) in [6, 6.07) is 0. The Bertz CT molecular complexity index is 997. The molecule has 60 heavy (non-hydrogen) atoms. The van der Waals surface area contributed by atoms with Crippen molar-refractivity contribution >= 4 is 11.9 Å². The molecule has 0 radical (unpaired) electrons. The molecule has 0 aliphatic carbocycles. The van der Waals surface area contributed by atoms with E-state index in [-0.39, 0.29) is 25.2 Å². The number of hydrogen-bond acceptors (Lipinski definition) is 5. The van der Waals surface area contributed by atoms with Crippen LogP contribution in [0.2, 0.25) is 0 Å². The SMILES string of the molecule is CCC/C=C\C/C=C\CCCCCCCCOCC(COC(=O)CCCCCCCCC/C=C\CCCCCCCC)OC(=O)CCCCCCC/C=C\CCCCCC. The van der Waals surface area contributed by atoms with E-state index in [1.54, 1.807) is 0 Å². The molecule has 0 N–H and O–H groups in total. The highest BCUT2D eigenvalue weighted by molar-refractivity contribution is 5.70. The Labute approximate surface area is 373 Å². The second-order valence-corrected chi connectivity index (χ2v) is 17.4. The molecule has 0 fully saturated rings. The topological polar surface area (TPSA) is 61.8 Å². The molecule has 0 aromatic rings. The Balaban J connectivity index is 4.26. The van der Waals surface area contributed by atoms with Crippen LogP contribution in [0.3, 0.4) is 0 Å². The number of rotatable bonds is 48. The maximum atomic E-state index is 12.8. The minimum atomic E-state index is -0.546. The Morgan fingerprint density at radius 1 is 0.367 bits per heavy atom. The molecule has 0 rings (SSSR count). The van der Waals surface area contributed by atoms with Crippen molar-refractivity contribution in [3.8, 4) is 0 Å². The molecule has 0 aromatic carbocycles. The highest BCUT2D eigenvalue weighted by atomic mass is 16.6. The second-order valence-electron chi connectivity index (χ2n) is 17.4. The van der Waals surface area contributed by atoms with Crippen molar-refractivity contribution in [2.24, 2.45) is 0 Å². The van der Waals surface area contributed by atoms with Gasteiger partial charge in [0.05, 0.1) is 6.61 Å². The highest BCUT2D eigenvalue weighted by Gasteiger charge is 2.17. The van der Waals surface area contributed by atoms with E-state index in [0.29, 0.717) is 19.4 Å². The van der Waals surface area contributed by atoms with Gasteiger partial charge in [0.1, 0.15) is 6.61 Å². The maximum Gasteiger partial charge on any atom is 0.306 e. The van der Waals surface area contributed by atoms with Gasteiger partial charge < -0.3 is 14.2 Å². The summed E-state index contributed by atoms with van der Waals surface area (Å²) in [6.07, 6.45) is 62.6. The molecule has 1 unspecified atom stereocenters. The van der Waals surface area contributed by atoms with Crippen LogP contribution in [0.4, 0.5) is 0 Å². The fourth-order valence-corrected chi connectivity index (χ4v) is 7.36. The fraction of sp³-hybridized carbons (Fsp3) is 0.818. The molecule has 0 heterocycles. The van der Waals surface area contributed by atoms with Gasteiger partial charge in [-0.05, 0) is 96.3 Å². The van der Waals surface area contributed by atoms with Gasteiger partial charge in [-0.15, -0.1) is 0 Å². The van der Waals surface area contributed by atoms with Crippen LogP contribution in [0.5, 0.6) is 0 Å². The van der Waals surface area contributed by atoms with E-state index in [0.717, 1.165) is 57.8 Å².